The minimum Gasteiger partial charge on any atom is -0.369 e. The second-order valence-electron chi connectivity index (χ2n) is 3.26. The summed E-state index contributed by atoms with van der Waals surface area (Å²) >= 11 is 11.2. The summed E-state index contributed by atoms with van der Waals surface area (Å²) in [7, 11) is 0. The predicted octanol–water partition coefficient (Wildman–Crippen LogP) is 3.02. The van der Waals surface area contributed by atoms with E-state index >= 15 is 0 Å². The van der Waals surface area contributed by atoms with Crippen molar-refractivity contribution in [3.63, 3.8) is 0 Å². The molecule has 1 aromatic carbocycles. The van der Waals surface area contributed by atoms with Crippen molar-refractivity contribution in [2.45, 2.75) is 0 Å². The summed E-state index contributed by atoms with van der Waals surface area (Å²) in [5.41, 5.74) is -0.000142. The predicted molar refractivity (Wildman–Crippen MR) is 66.7 cm³/mol. The van der Waals surface area contributed by atoms with Gasteiger partial charge in [-0.1, -0.05) is 0 Å². The lowest BCUT2D eigenvalue weighted by atomic mass is 10.2. The van der Waals surface area contributed by atoms with Gasteiger partial charge in [0.2, 0.25) is 5.82 Å². The zero-order valence-corrected chi connectivity index (χ0v) is 10.4. The van der Waals surface area contributed by atoms with Crippen LogP contribution < -0.4 is 4.90 Å². The SMILES string of the molecule is O=[N+]([O-])c1ccc(N(CCCl)CCCl)cc1F. The third-order valence-electron chi connectivity index (χ3n) is 2.20. The number of anilines is 1. The van der Waals surface area contributed by atoms with Crippen LogP contribution in [0.2, 0.25) is 0 Å². The average Bonchev–Trinajstić information content (AvgIpc) is 2.28. The third-order valence-corrected chi connectivity index (χ3v) is 2.54. The molecule has 7 heteroatoms. The Bertz CT molecular complexity index is 398. The molecule has 0 atom stereocenters. The highest BCUT2D eigenvalue weighted by atomic mass is 35.5. The van der Waals surface area contributed by atoms with Crippen molar-refractivity contribution in [3.05, 3.63) is 34.1 Å². The molecule has 0 spiro atoms. The van der Waals surface area contributed by atoms with E-state index in [1.54, 1.807) is 4.90 Å². The van der Waals surface area contributed by atoms with Crippen molar-refractivity contribution >= 4 is 34.6 Å². The van der Waals surface area contributed by atoms with Crippen molar-refractivity contribution in [1.82, 2.24) is 0 Å². The molecular weight excluding hydrogens is 270 g/mol. The molecule has 17 heavy (non-hydrogen) atoms. The molecule has 0 saturated heterocycles. The molecule has 1 aromatic rings. The molecule has 0 radical (unpaired) electrons. The normalized spacial score (nSPS) is 10.3. The van der Waals surface area contributed by atoms with E-state index in [4.69, 9.17) is 23.2 Å². The van der Waals surface area contributed by atoms with Gasteiger partial charge in [-0.3, -0.25) is 10.1 Å². The van der Waals surface area contributed by atoms with Gasteiger partial charge < -0.3 is 4.90 Å². The smallest absolute Gasteiger partial charge is 0.304 e. The lowest BCUT2D eigenvalue weighted by Gasteiger charge is -2.22. The molecule has 0 bridgehead atoms. The van der Waals surface area contributed by atoms with Crippen LogP contribution >= 0.6 is 23.2 Å². The molecule has 1 rings (SSSR count). The second-order valence-corrected chi connectivity index (χ2v) is 4.01. The number of rotatable bonds is 6. The highest BCUT2D eigenvalue weighted by molar-refractivity contribution is 6.18. The number of hydrogen-bond donors (Lipinski definition) is 0. The number of halogens is 3. The van der Waals surface area contributed by atoms with Gasteiger partial charge in [-0.2, -0.15) is 4.39 Å². The van der Waals surface area contributed by atoms with Gasteiger partial charge in [-0.15, -0.1) is 23.2 Å². The van der Waals surface area contributed by atoms with Crippen molar-refractivity contribution in [3.8, 4) is 0 Å². The summed E-state index contributed by atoms with van der Waals surface area (Å²) in [5.74, 6) is -0.119. The summed E-state index contributed by atoms with van der Waals surface area (Å²) in [6.07, 6.45) is 0. The maximum absolute atomic E-state index is 13.4. The monoisotopic (exact) mass is 280 g/mol. The lowest BCUT2D eigenvalue weighted by Crippen LogP contribution is -2.27. The first-order valence-electron chi connectivity index (χ1n) is 4.91. The molecule has 0 unspecified atom stereocenters. The van der Waals surface area contributed by atoms with E-state index in [1.165, 1.54) is 6.07 Å². The van der Waals surface area contributed by atoms with Gasteiger partial charge in [0, 0.05) is 42.7 Å². The van der Waals surface area contributed by atoms with E-state index in [2.05, 4.69) is 0 Å². The fourth-order valence-corrected chi connectivity index (χ4v) is 1.82. The molecule has 0 aromatic heterocycles. The van der Waals surface area contributed by atoms with E-state index in [9.17, 15) is 14.5 Å². The van der Waals surface area contributed by atoms with Crippen molar-refractivity contribution in [2.24, 2.45) is 0 Å². The molecule has 0 aliphatic rings. The highest BCUT2D eigenvalue weighted by Gasteiger charge is 2.16. The quantitative estimate of drug-likeness (QED) is 0.457. The Morgan fingerprint density at radius 2 is 1.88 bits per heavy atom. The van der Waals surface area contributed by atoms with Crippen molar-refractivity contribution in [2.75, 3.05) is 29.7 Å². The van der Waals surface area contributed by atoms with Crippen LogP contribution in [0.5, 0.6) is 0 Å². The lowest BCUT2D eigenvalue weighted by molar-refractivity contribution is -0.387. The van der Waals surface area contributed by atoms with Gasteiger partial charge >= 0.3 is 5.69 Å². The van der Waals surface area contributed by atoms with Crippen LogP contribution in [-0.4, -0.2) is 29.8 Å². The Morgan fingerprint density at radius 3 is 2.29 bits per heavy atom. The Labute approximate surface area is 108 Å². The van der Waals surface area contributed by atoms with Crippen LogP contribution in [0.1, 0.15) is 0 Å². The minimum absolute atomic E-state index is 0.371. The first-order valence-corrected chi connectivity index (χ1v) is 5.98. The number of benzene rings is 1. The maximum Gasteiger partial charge on any atom is 0.304 e. The first kappa shape index (κ1) is 14.0. The summed E-state index contributed by atoms with van der Waals surface area (Å²) in [6.45, 7) is 1.01. The first-order chi connectivity index (χ1) is 8.10. The fraction of sp³-hybridized carbons (Fsp3) is 0.400. The van der Waals surface area contributed by atoms with Crippen LogP contribution in [0.15, 0.2) is 18.2 Å². The standard InChI is InChI=1S/C10H11Cl2FN2O2/c11-3-5-14(6-4-12)8-1-2-10(15(16)17)9(13)7-8/h1-2,7H,3-6H2. The molecule has 0 aliphatic carbocycles. The Hall–Kier alpha value is -1.07. The average molecular weight is 281 g/mol. The van der Waals surface area contributed by atoms with Crippen molar-refractivity contribution < 1.29 is 9.31 Å². The number of nitro benzene ring substituents is 1. The van der Waals surface area contributed by atoms with E-state index < -0.39 is 16.4 Å². The van der Waals surface area contributed by atoms with Gasteiger partial charge in [0.15, 0.2) is 0 Å². The minimum atomic E-state index is -0.860. The summed E-state index contributed by atoms with van der Waals surface area (Å²) in [4.78, 5) is 11.5. The van der Waals surface area contributed by atoms with Gasteiger partial charge in [0.05, 0.1) is 4.92 Å². The molecular formula is C10H11Cl2FN2O2. The number of alkyl halides is 2. The van der Waals surface area contributed by atoms with Gasteiger partial charge in [-0.05, 0) is 6.07 Å². The van der Waals surface area contributed by atoms with Crippen LogP contribution in [0.25, 0.3) is 0 Å². The Morgan fingerprint density at radius 1 is 1.29 bits per heavy atom. The molecule has 94 valence electrons. The largest absolute Gasteiger partial charge is 0.369 e. The number of nitrogens with zero attached hydrogens (tertiary/aromatic N) is 2. The topological polar surface area (TPSA) is 46.4 Å². The van der Waals surface area contributed by atoms with E-state index in [-0.39, 0.29) is 0 Å². The molecule has 4 nitrogen and oxygen atoms in total. The third kappa shape index (κ3) is 3.71. The fourth-order valence-electron chi connectivity index (χ4n) is 1.41. The Kier molecular flexibility index (Phi) is 5.44. The highest BCUT2D eigenvalue weighted by Crippen LogP contribution is 2.23. The van der Waals surface area contributed by atoms with Gasteiger partial charge in [-0.25, -0.2) is 0 Å². The number of nitro groups is 1. The van der Waals surface area contributed by atoms with E-state index in [0.29, 0.717) is 30.5 Å². The second kappa shape index (κ2) is 6.61. The van der Waals surface area contributed by atoms with Gasteiger partial charge in [0.1, 0.15) is 0 Å². The molecule has 0 N–H and O–H groups in total. The van der Waals surface area contributed by atoms with Crippen LogP contribution in [0.4, 0.5) is 15.8 Å². The van der Waals surface area contributed by atoms with Crippen LogP contribution in [-0.2, 0) is 0 Å². The molecule has 0 aliphatic heterocycles. The van der Waals surface area contributed by atoms with Crippen molar-refractivity contribution in [1.29, 1.82) is 0 Å². The van der Waals surface area contributed by atoms with Crippen LogP contribution in [0.3, 0.4) is 0 Å². The van der Waals surface area contributed by atoms with E-state index in [1.807, 2.05) is 0 Å². The number of hydrogen-bond acceptors (Lipinski definition) is 3. The summed E-state index contributed by atoms with van der Waals surface area (Å²) < 4.78 is 13.4. The van der Waals surface area contributed by atoms with E-state index in [0.717, 1.165) is 12.1 Å². The molecule has 0 amide bonds. The summed E-state index contributed by atoms with van der Waals surface area (Å²) in [6, 6.07) is 3.75. The summed E-state index contributed by atoms with van der Waals surface area (Å²) in [5, 5.41) is 10.5. The Balaban J connectivity index is 2.97. The van der Waals surface area contributed by atoms with Gasteiger partial charge in [0.25, 0.3) is 0 Å². The molecule has 0 fully saturated rings. The molecule has 0 saturated carbocycles. The zero-order chi connectivity index (χ0) is 12.8. The van der Waals surface area contributed by atoms with Crippen LogP contribution in [0, 0.1) is 15.9 Å². The zero-order valence-electron chi connectivity index (χ0n) is 8.91. The molecule has 0 heterocycles. The maximum atomic E-state index is 13.4.